The van der Waals surface area contributed by atoms with Crippen LogP contribution in [0.3, 0.4) is 0 Å². The fourth-order valence-electron chi connectivity index (χ4n) is 6.38. The zero-order chi connectivity index (χ0) is 43.7. The summed E-state index contributed by atoms with van der Waals surface area (Å²) in [5.41, 5.74) is 7.37. The molecule has 5 unspecified atom stereocenters. The fraction of sp³-hybridized carbons (Fsp3) is 0.537. The number of likely N-dealkylation sites (N-methyl/N-ethyl adjacent to an activating group) is 1. The van der Waals surface area contributed by atoms with Gasteiger partial charge in [-0.25, -0.2) is 18.4 Å². The second kappa shape index (κ2) is 23.6. The Hall–Kier alpha value is -5.61. The van der Waals surface area contributed by atoms with Crippen LogP contribution in [0.25, 0.3) is 0 Å². The van der Waals surface area contributed by atoms with Gasteiger partial charge in [0, 0.05) is 31.9 Å². The van der Waals surface area contributed by atoms with Crippen LogP contribution < -0.4 is 21.7 Å². The van der Waals surface area contributed by atoms with E-state index < -0.39 is 65.7 Å². The summed E-state index contributed by atoms with van der Waals surface area (Å²) in [6.45, 7) is 13.2. The number of ether oxygens (including phenoxy) is 1. The van der Waals surface area contributed by atoms with E-state index in [1.807, 2.05) is 38.1 Å². The van der Waals surface area contributed by atoms with Gasteiger partial charge in [-0.1, -0.05) is 32.9 Å². The highest BCUT2D eigenvalue weighted by atomic mass is 19.1. The lowest BCUT2D eigenvalue weighted by atomic mass is 10.1. The third-order valence-electron chi connectivity index (χ3n) is 9.53. The van der Waals surface area contributed by atoms with Crippen molar-refractivity contribution >= 4 is 47.2 Å². The Morgan fingerprint density at radius 2 is 1.45 bits per heavy atom. The Morgan fingerprint density at radius 1 is 0.879 bits per heavy atom. The lowest BCUT2D eigenvalue weighted by Crippen LogP contribution is -2.56. The average Bonchev–Trinajstić information content (AvgIpc) is 3.88. The molecule has 5 atom stereocenters. The van der Waals surface area contributed by atoms with Crippen molar-refractivity contribution in [2.24, 2.45) is 5.73 Å². The Balaban J connectivity index is 0.000000355. The van der Waals surface area contributed by atoms with Crippen LogP contribution in [0.15, 0.2) is 42.5 Å². The predicted molar refractivity (Wildman–Crippen MR) is 214 cm³/mol. The maximum atomic E-state index is 13.0. The summed E-state index contributed by atoms with van der Waals surface area (Å²) in [7, 11) is 1.53. The summed E-state index contributed by atoms with van der Waals surface area (Å²) in [4.78, 5) is 90.2. The number of hydrogen-bond acceptors (Lipinski definition) is 8. The number of hydrogen-bond donors (Lipinski definition) is 4. The van der Waals surface area contributed by atoms with Gasteiger partial charge in [0.2, 0.25) is 29.5 Å². The third kappa shape index (κ3) is 14.7. The molecule has 0 spiro atoms. The quantitative estimate of drug-likeness (QED) is 0.334. The molecular formula is C41H59F2N7O8. The zero-order valence-electron chi connectivity index (χ0n) is 34.7. The van der Waals surface area contributed by atoms with Gasteiger partial charge in [-0.15, -0.1) is 0 Å². The molecule has 3 fully saturated rings. The van der Waals surface area contributed by atoms with Gasteiger partial charge in [-0.2, -0.15) is 0 Å². The fourth-order valence-corrected chi connectivity index (χ4v) is 6.38. The number of carbonyl (C=O) groups is 7. The van der Waals surface area contributed by atoms with Gasteiger partial charge in [0.1, 0.15) is 41.9 Å². The van der Waals surface area contributed by atoms with Crippen molar-refractivity contribution in [1.82, 2.24) is 25.3 Å². The van der Waals surface area contributed by atoms with E-state index in [1.54, 1.807) is 27.7 Å². The normalized spacial score (nSPS) is 22.3. The van der Waals surface area contributed by atoms with E-state index in [0.29, 0.717) is 50.0 Å². The van der Waals surface area contributed by atoms with E-state index in [9.17, 15) is 42.3 Å². The highest BCUT2D eigenvalue weighted by Crippen LogP contribution is 2.24. The summed E-state index contributed by atoms with van der Waals surface area (Å²) in [6.07, 6.45) is 2.59. The number of cyclic esters (lactones) is 1. The molecule has 0 saturated carbocycles. The number of primary amides is 1. The van der Waals surface area contributed by atoms with Gasteiger partial charge < -0.3 is 41.1 Å². The molecule has 17 heteroatoms. The third-order valence-corrected chi connectivity index (χ3v) is 9.53. The summed E-state index contributed by atoms with van der Waals surface area (Å²) in [5, 5.41) is 7.59. The molecule has 3 aliphatic heterocycles. The summed E-state index contributed by atoms with van der Waals surface area (Å²) >= 11 is 0. The first-order valence-electron chi connectivity index (χ1n) is 19.6. The molecule has 0 bridgehead atoms. The number of nitrogens with zero attached hydrogens (tertiary/aromatic N) is 3. The van der Waals surface area contributed by atoms with Gasteiger partial charge in [-0.3, -0.25) is 24.0 Å². The number of nitrogens with one attached hydrogen (secondary N) is 3. The van der Waals surface area contributed by atoms with Crippen molar-refractivity contribution in [2.45, 2.75) is 117 Å². The van der Waals surface area contributed by atoms with Gasteiger partial charge >= 0.3 is 12.0 Å². The van der Waals surface area contributed by atoms with Crippen LogP contribution in [0.2, 0.25) is 0 Å². The molecule has 2 aromatic carbocycles. The molecule has 5 rings (SSSR count). The number of anilines is 1. The minimum Gasteiger partial charge on any atom is -0.461 e. The first kappa shape index (κ1) is 48.5. The summed E-state index contributed by atoms with van der Waals surface area (Å²) in [6, 6.07) is 7.43. The number of urea groups is 1. The van der Waals surface area contributed by atoms with Crippen LogP contribution >= 0.6 is 0 Å². The molecule has 3 heterocycles. The summed E-state index contributed by atoms with van der Waals surface area (Å²) in [5.74, 6) is -3.57. The highest BCUT2D eigenvalue weighted by molar-refractivity contribution is 5.95. The van der Waals surface area contributed by atoms with Gasteiger partial charge in [0.05, 0.1) is 13.0 Å². The van der Waals surface area contributed by atoms with Crippen LogP contribution in [0, 0.1) is 18.6 Å². The zero-order valence-corrected chi connectivity index (χ0v) is 34.7. The number of carbonyl (C=O) groups excluding carboxylic acids is 7. The maximum Gasteiger partial charge on any atom is 0.329 e. The van der Waals surface area contributed by atoms with E-state index >= 15 is 0 Å². The van der Waals surface area contributed by atoms with Crippen molar-refractivity contribution < 1.29 is 47.1 Å². The van der Waals surface area contributed by atoms with Crippen molar-refractivity contribution in [3.8, 4) is 0 Å². The first-order valence-corrected chi connectivity index (χ1v) is 19.6. The first-order chi connectivity index (χ1) is 27.4. The van der Waals surface area contributed by atoms with Crippen LogP contribution in [0.5, 0.6) is 0 Å². The van der Waals surface area contributed by atoms with Gasteiger partial charge in [0.25, 0.3) is 0 Å². The topological polar surface area (TPSA) is 201 Å². The van der Waals surface area contributed by atoms with Crippen molar-refractivity contribution in [2.75, 3.05) is 32.0 Å². The van der Waals surface area contributed by atoms with E-state index in [4.69, 9.17) is 10.5 Å². The number of nitrogens with two attached hydrogens (primary N) is 1. The lowest BCUT2D eigenvalue weighted by Gasteiger charge is -2.33. The number of halogens is 2. The smallest absolute Gasteiger partial charge is 0.329 e. The molecule has 58 heavy (non-hydrogen) atoms. The van der Waals surface area contributed by atoms with Crippen LogP contribution in [0.1, 0.15) is 84.8 Å². The minimum absolute atomic E-state index is 0.0354. The number of amides is 7. The van der Waals surface area contributed by atoms with E-state index in [1.165, 1.54) is 39.4 Å². The van der Waals surface area contributed by atoms with Gasteiger partial charge in [0.15, 0.2) is 0 Å². The number of benzene rings is 2. The minimum atomic E-state index is -0.846. The molecule has 2 aromatic rings. The Bertz CT molecular complexity index is 1690. The number of esters is 1. The highest BCUT2D eigenvalue weighted by Gasteiger charge is 2.41. The van der Waals surface area contributed by atoms with Crippen molar-refractivity contribution in [3.63, 3.8) is 0 Å². The average molecular weight is 816 g/mol. The number of aryl methyl sites for hydroxylation is 2. The number of fused-ring (bicyclic) bond motifs is 2. The Labute approximate surface area is 339 Å². The monoisotopic (exact) mass is 815 g/mol. The molecular weight excluding hydrogens is 756 g/mol. The van der Waals surface area contributed by atoms with Crippen molar-refractivity contribution in [1.29, 1.82) is 0 Å². The largest absolute Gasteiger partial charge is 0.461 e. The molecule has 320 valence electrons. The standard InChI is InChI=1S/C21H32N4O6.C11H15N3O2.C7H6F2.C2H6/c1-12-11-17(26)24-9-5-7-15(24)20(29)23(4)14(3)18(27)22-13(2)19(28)25-10-6-8-16(25)21(30)31-12;1-2-8-3-5-9(6-4-8)14-11(16)13-7-10(12)15;1-5-2-6(8)4-7(9)3-5;1-2/h12-16H,5-11H2,1-4H3,(H,22,27);3-6H,2,7H2,1H3,(H2,12,15)(H2,13,14,16);2-4H,1H3;1-2H3. The molecule has 0 radical (unpaired) electrons. The van der Waals surface area contributed by atoms with Gasteiger partial charge in [-0.05, 0) is 95.2 Å². The molecule has 0 aromatic heterocycles. The molecule has 0 aliphatic carbocycles. The van der Waals surface area contributed by atoms with E-state index in [2.05, 4.69) is 22.9 Å². The number of rotatable bonds is 4. The van der Waals surface area contributed by atoms with E-state index in [-0.39, 0.29) is 30.7 Å². The van der Waals surface area contributed by atoms with E-state index in [0.717, 1.165) is 12.5 Å². The molecule has 15 nitrogen and oxygen atoms in total. The predicted octanol–water partition coefficient (Wildman–Crippen LogP) is 3.81. The molecule has 5 N–H and O–H groups in total. The molecule has 3 saturated heterocycles. The van der Waals surface area contributed by atoms with Crippen LogP contribution in [-0.2, 0) is 39.9 Å². The summed E-state index contributed by atoms with van der Waals surface area (Å²) < 4.78 is 29.9. The SMILES string of the molecule is CC.CC1CC(=O)N2CCCC2C(=O)N(C)C(C)C(=O)NC(C)C(=O)N2CCCC2C(=O)O1.CCc1ccc(NC(=O)NCC(N)=O)cc1.Cc1cc(F)cc(F)c1. The molecule has 7 amide bonds. The molecule has 3 aliphatic rings. The second-order valence-corrected chi connectivity index (χ2v) is 14.0. The van der Waals surface area contributed by atoms with Crippen LogP contribution in [-0.4, -0.2) is 113 Å². The lowest BCUT2D eigenvalue weighted by molar-refractivity contribution is -0.160. The maximum absolute atomic E-state index is 13.0. The second-order valence-electron chi connectivity index (χ2n) is 14.0. The Morgan fingerprint density at radius 3 is 2.00 bits per heavy atom. The van der Waals surface area contributed by atoms with Crippen molar-refractivity contribution in [3.05, 3.63) is 65.2 Å². The Kier molecular flexibility index (Phi) is 19.7. The van der Waals surface area contributed by atoms with Crippen LogP contribution in [0.4, 0.5) is 19.3 Å².